The number of hydrogen-bond donors (Lipinski definition) is 2. The van der Waals surface area contributed by atoms with E-state index in [1.165, 1.54) is 12.8 Å². The lowest BCUT2D eigenvalue weighted by Crippen LogP contribution is -2.31. The molecule has 1 heterocycles. The average Bonchev–Trinajstić information content (AvgIpc) is 3.24. The summed E-state index contributed by atoms with van der Waals surface area (Å²) in [7, 11) is 1.72. The maximum atomic E-state index is 12.3. The van der Waals surface area contributed by atoms with E-state index in [4.69, 9.17) is 4.74 Å². The van der Waals surface area contributed by atoms with Crippen LogP contribution in [0.15, 0.2) is 18.5 Å². The number of amides is 1. The standard InChI is InChI=1S/C15H23N3O2/c1-3-17-13-10-16-8-4-12(13)14(19)18-11-15(5-6-15)7-9-20-2/h4,8,10,17H,3,5-7,9,11H2,1-2H3,(H,18,19). The highest BCUT2D eigenvalue weighted by Gasteiger charge is 2.42. The SMILES string of the molecule is CCNc1cnccc1C(=O)NCC1(CCOC)CC1. The Morgan fingerprint density at radius 3 is 2.95 bits per heavy atom. The summed E-state index contributed by atoms with van der Waals surface area (Å²) >= 11 is 0. The number of aromatic nitrogens is 1. The van der Waals surface area contributed by atoms with Gasteiger partial charge in [-0.2, -0.15) is 0 Å². The first-order chi connectivity index (χ1) is 9.71. The molecule has 0 aliphatic heterocycles. The fourth-order valence-electron chi connectivity index (χ4n) is 2.30. The first kappa shape index (κ1) is 14.8. The molecule has 1 saturated carbocycles. The van der Waals surface area contributed by atoms with Crippen LogP contribution in [0, 0.1) is 5.41 Å². The van der Waals surface area contributed by atoms with Crippen molar-refractivity contribution >= 4 is 11.6 Å². The molecule has 1 aliphatic rings. The summed E-state index contributed by atoms with van der Waals surface area (Å²) in [5.41, 5.74) is 1.70. The van der Waals surface area contributed by atoms with Gasteiger partial charge in [-0.05, 0) is 37.7 Å². The van der Waals surface area contributed by atoms with Crippen LogP contribution in [-0.4, -0.2) is 37.7 Å². The molecule has 0 aromatic carbocycles. The fourth-order valence-corrected chi connectivity index (χ4v) is 2.30. The second-order valence-electron chi connectivity index (χ2n) is 5.38. The Balaban J connectivity index is 1.92. The number of nitrogens with zero attached hydrogens (tertiary/aromatic N) is 1. The van der Waals surface area contributed by atoms with Crippen LogP contribution in [0.3, 0.4) is 0 Å². The second-order valence-corrected chi connectivity index (χ2v) is 5.38. The van der Waals surface area contributed by atoms with Crippen LogP contribution in [0.5, 0.6) is 0 Å². The maximum Gasteiger partial charge on any atom is 0.253 e. The lowest BCUT2D eigenvalue weighted by Gasteiger charge is -2.16. The van der Waals surface area contributed by atoms with Crippen LogP contribution >= 0.6 is 0 Å². The third kappa shape index (κ3) is 3.70. The highest BCUT2D eigenvalue weighted by Crippen LogP contribution is 2.48. The molecular formula is C15H23N3O2. The largest absolute Gasteiger partial charge is 0.385 e. The number of ether oxygens (including phenoxy) is 1. The van der Waals surface area contributed by atoms with Gasteiger partial charge in [0.2, 0.25) is 0 Å². The van der Waals surface area contributed by atoms with Gasteiger partial charge in [-0.1, -0.05) is 0 Å². The van der Waals surface area contributed by atoms with Crippen LogP contribution in [0.4, 0.5) is 5.69 Å². The van der Waals surface area contributed by atoms with Gasteiger partial charge in [0.15, 0.2) is 0 Å². The minimum atomic E-state index is -0.0351. The highest BCUT2D eigenvalue weighted by molar-refractivity contribution is 5.99. The van der Waals surface area contributed by atoms with Gasteiger partial charge in [0.1, 0.15) is 0 Å². The maximum absolute atomic E-state index is 12.3. The Kier molecular flexibility index (Phi) is 4.95. The second kappa shape index (κ2) is 6.70. The summed E-state index contributed by atoms with van der Waals surface area (Å²) in [5, 5.41) is 6.21. The summed E-state index contributed by atoms with van der Waals surface area (Å²) < 4.78 is 5.13. The molecule has 0 bridgehead atoms. The summed E-state index contributed by atoms with van der Waals surface area (Å²) in [6.07, 6.45) is 6.70. The molecule has 20 heavy (non-hydrogen) atoms. The monoisotopic (exact) mass is 277 g/mol. The summed E-state index contributed by atoms with van der Waals surface area (Å²) in [5.74, 6) is -0.0351. The molecule has 1 aliphatic carbocycles. The average molecular weight is 277 g/mol. The summed E-state index contributed by atoms with van der Waals surface area (Å²) in [6.45, 7) is 4.25. The molecule has 0 saturated heterocycles. The third-order valence-electron chi connectivity index (χ3n) is 3.85. The molecule has 5 nitrogen and oxygen atoms in total. The van der Waals surface area contributed by atoms with Crippen molar-refractivity contribution in [1.29, 1.82) is 0 Å². The molecule has 1 aromatic rings. The van der Waals surface area contributed by atoms with Crippen molar-refractivity contribution in [3.05, 3.63) is 24.0 Å². The number of carbonyl (C=O) groups excluding carboxylic acids is 1. The van der Waals surface area contributed by atoms with E-state index in [1.807, 2.05) is 6.92 Å². The molecule has 110 valence electrons. The van der Waals surface area contributed by atoms with Crippen molar-refractivity contribution < 1.29 is 9.53 Å². The zero-order valence-electron chi connectivity index (χ0n) is 12.2. The fraction of sp³-hybridized carbons (Fsp3) is 0.600. The van der Waals surface area contributed by atoms with E-state index in [9.17, 15) is 4.79 Å². The van der Waals surface area contributed by atoms with Crippen molar-refractivity contribution in [1.82, 2.24) is 10.3 Å². The van der Waals surface area contributed by atoms with Crippen molar-refractivity contribution in [2.75, 3.05) is 32.1 Å². The lowest BCUT2D eigenvalue weighted by atomic mass is 10.0. The molecule has 5 heteroatoms. The highest BCUT2D eigenvalue weighted by atomic mass is 16.5. The topological polar surface area (TPSA) is 63.2 Å². The normalized spacial score (nSPS) is 15.7. The smallest absolute Gasteiger partial charge is 0.253 e. The number of nitrogens with one attached hydrogen (secondary N) is 2. The first-order valence-corrected chi connectivity index (χ1v) is 7.16. The molecular weight excluding hydrogens is 254 g/mol. The number of methoxy groups -OCH3 is 1. The zero-order valence-corrected chi connectivity index (χ0v) is 12.2. The van der Waals surface area contributed by atoms with E-state index in [-0.39, 0.29) is 11.3 Å². The van der Waals surface area contributed by atoms with Gasteiger partial charge in [-0.25, -0.2) is 0 Å². The number of anilines is 1. The van der Waals surface area contributed by atoms with Crippen LogP contribution in [0.25, 0.3) is 0 Å². The van der Waals surface area contributed by atoms with Crippen molar-refractivity contribution in [3.8, 4) is 0 Å². The quantitative estimate of drug-likeness (QED) is 0.763. The van der Waals surface area contributed by atoms with E-state index < -0.39 is 0 Å². The van der Waals surface area contributed by atoms with E-state index in [0.717, 1.165) is 31.8 Å². The van der Waals surface area contributed by atoms with Crippen molar-refractivity contribution in [2.45, 2.75) is 26.2 Å². The van der Waals surface area contributed by atoms with Gasteiger partial charge in [-0.3, -0.25) is 9.78 Å². The predicted molar refractivity (Wildman–Crippen MR) is 78.9 cm³/mol. The Morgan fingerprint density at radius 1 is 1.50 bits per heavy atom. The van der Waals surface area contributed by atoms with Gasteiger partial charge >= 0.3 is 0 Å². The minimum absolute atomic E-state index is 0.0351. The zero-order chi connectivity index (χ0) is 14.4. The Bertz CT molecular complexity index is 458. The van der Waals surface area contributed by atoms with Crippen LogP contribution < -0.4 is 10.6 Å². The van der Waals surface area contributed by atoms with Gasteiger partial charge in [-0.15, -0.1) is 0 Å². The van der Waals surface area contributed by atoms with Gasteiger partial charge in [0, 0.05) is 33.0 Å². The third-order valence-corrected chi connectivity index (χ3v) is 3.85. The Hall–Kier alpha value is -1.62. The number of hydrogen-bond acceptors (Lipinski definition) is 4. The van der Waals surface area contributed by atoms with E-state index in [1.54, 1.807) is 25.6 Å². The van der Waals surface area contributed by atoms with Gasteiger partial charge in [0.25, 0.3) is 5.91 Å². The van der Waals surface area contributed by atoms with E-state index in [0.29, 0.717) is 5.56 Å². The van der Waals surface area contributed by atoms with Crippen molar-refractivity contribution in [3.63, 3.8) is 0 Å². The molecule has 2 rings (SSSR count). The minimum Gasteiger partial charge on any atom is -0.385 e. The van der Waals surface area contributed by atoms with Crippen LogP contribution in [0.1, 0.15) is 36.5 Å². The Labute approximate surface area is 120 Å². The van der Waals surface area contributed by atoms with Gasteiger partial charge in [0.05, 0.1) is 17.4 Å². The Morgan fingerprint density at radius 2 is 2.30 bits per heavy atom. The van der Waals surface area contributed by atoms with Gasteiger partial charge < -0.3 is 15.4 Å². The number of pyridine rings is 1. The molecule has 1 aromatic heterocycles. The molecule has 0 atom stereocenters. The summed E-state index contributed by atoms with van der Waals surface area (Å²) in [4.78, 5) is 16.3. The van der Waals surface area contributed by atoms with Crippen LogP contribution in [-0.2, 0) is 4.74 Å². The predicted octanol–water partition coefficient (Wildman–Crippen LogP) is 2.06. The molecule has 1 amide bonds. The summed E-state index contributed by atoms with van der Waals surface area (Å²) in [6, 6.07) is 1.75. The molecule has 0 spiro atoms. The molecule has 2 N–H and O–H groups in total. The first-order valence-electron chi connectivity index (χ1n) is 7.16. The lowest BCUT2D eigenvalue weighted by molar-refractivity contribution is 0.0938. The van der Waals surface area contributed by atoms with E-state index >= 15 is 0 Å². The van der Waals surface area contributed by atoms with Crippen molar-refractivity contribution in [2.24, 2.45) is 5.41 Å². The molecule has 0 radical (unpaired) electrons. The number of carbonyl (C=O) groups is 1. The van der Waals surface area contributed by atoms with Crippen LogP contribution in [0.2, 0.25) is 0 Å². The number of rotatable bonds is 8. The molecule has 0 unspecified atom stereocenters. The molecule has 1 fully saturated rings. The van der Waals surface area contributed by atoms with E-state index in [2.05, 4.69) is 15.6 Å².